The number of halogens is 1. The predicted octanol–water partition coefficient (Wildman–Crippen LogP) is 1.50. The molecular weight excluding hydrogens is 257 g/mol. The second-order valence-corrected chi connectivity index (χ2v) is 6.76. The van der Waals surface area contributed by atoms with Gasteiger partial charge in [-0.25, -0.2) is 12.8 Å². The van der Waals surface area contributed by atoms with Crippen LogP contribution in [-0.4, -0.2) is 26.9 Å². The highest BCUT2D eigenvalue weighted by Gasteiger charge is 2.27. The number of nitrogens with two attached hydrogens (primary N) is 1. The standard InChI is InChI=1S/C12H16FNO3S/c13-11-7-9(1-2-12(11)14)8-18(15,16)10-3-5-17-6-4-10/h1-2,7,10H,3-6,8,14H2. The summed E-state index contributed by atoms with van der Waals surface area (Å²) in [7, 11) is -3.25. The number of anilines is 1. The van der Waals surface area contributed by atoms with E-state index in [1.807, 2.05) is 0 Å². The molecule has 1 aliphatic rings. The van der Waals surface area contributed by atoms with Crippen molar-refractivity contribution < 1.29 is 17.5 Å². The van der Waals surface area contributed by atoms with Crippen molar-refractivity contribution in [3.05, 3.63) is 29.6 Å². The normalized spacial score (nSPS) is 17.8. The molecule has 1 aliphatic heterocycles. The molecular formula is C12H16FNO3S. The van der Waals surface area contributed by atoms with E-state index >= 15 is 0 Å². The van der Waals surface area contributed by atoms with E-state index in [2.05, 4.69) is 0 Å². The Morgan fingerprint density at radius 2 is 2.00 bits per heavy atom. The summed E-state index contributed by atoms with van der Waals surface area (Å²) in [6, 6.07) is 4.13. The number of nitrogen functional groups attached to an aromatic ring is 1. The van der Waals surface area contributed by atoms with Crippen LogP contribution < -0.4 is 5.73 Å². The first-order chi connectivity index (χ1) is 8.49. The number of benzene rings is 1. The topological polar surface area (TPSA) is 69.4 Å². The molecule has 6 heteroatoms. The lowest BCUT2D eigenvalue weighted by atomic mass is 10.2. The van der Waals surface area contributed by atoms with E-state index in [0.717, 1.165) is 0 Å². The van der Waals surface area contributed by atoms with Gasteiger partial charge in [-0.2, -0.15) is 0 Å². The van der Waals surface area contributed by atoms with Crippen LogP contribution in [-0.2, 0) is 20.3 Å². The summed E-state index contributed by atoms with van der Waals surface area (Å²) in [6.45, 7) is 0.944. The van der Waals surface area contributed by atoms with Crippen LogP contribution in [0.3, 0.4) is 0 Å². The van der Waals surface area contributed by atoms with Crippen LogP contribution in [0.1, 0.15) is 18.4 Å². The number of sulfone groups is 1. The van der Waals surface area contributed by atoms with Crippen LogP contribution in [0.25, 0.3) is 0 Å². The van der Waals surface area contributed by atoms with E-state index in [0.29, 0.717) is 31.6 Å². The van der Waals surface area contributed by atoms with E-state index in [1.165, 1.54) is 12.1 Å². The molecule has 0 amide bonds. The molecule has 0 unspecified atom stereocenters. The smallest absolute Gasteiger partial charge is 0.157 e. The van der Waals surface area contributed by atoms with Gasteiger partial charge in [-0.1, -0.05) is 6.07 Å². The fourth-order valence-electron chi connectivity index (χ4n) is 2.05. The number of hydrogen-bond donors (Lipinski definition) is 1. The predicted molar refractivity (Wildman–Crippen MR) is 67.3 cm³/mol. The Hall–Kier alpha value is -1.14. The van der Waals surface area contributed by atoms with Crippen LogP contribution >= 0.6 is 0 Å². The van der Waals surface area contributed by atoms with Gasteiger partial charge in [0, 0.05) is 13.2 Å². The maximum absolute atomic E-state index is 13.3. The summed E-state index contributed by atoms with van der Waals surface area (Å²) in [5.41, 5.74) is 5.82. The van der Waals surface area contributed by atoms with Crippen LogP contribution in [0.4, 0.5) is 10.1 Å². The second-order valence-electron chi connectivity index (χ2n) is 4.47. The summed E-state index contributed by atoms with van der Waals surface area (Å²) in [4.78, 5) is 0. The van der Waals surface area contributed by atoms with Gasteiger partial charge in [-0.3, -0.25) is 0 Å². The van der Waals surface area contributed by atoms with Gasteiger partial charge in [0.05, 0.1) is 16.7 Å². The van der Waals surface area contributed by atoms with E-state index in [9.17, 15) is 12.8 Å². The van der Waals surface area contributed by atoms with E-state index in [4.69, 9.17) is 10.5 Å². The van der Waals surface area contributed by atoms with Crippen molar-refractivity contribution in [3.8, 4) is 0 Å². The van der Waals surface area contributed by atoms with E-state index < -0.39 is 15.7 Å². The number of rotatable bonds is 3. The molecule has 0 aliphatic carbocycles. The molecule has 100 valence electrons. The molecule has 1 aromatic carbocycles. The van der Waals surface area contributed by atoms with Gasteiger partial charge in [-0.05, 0) is 30.5 Å². The summed E-state index contributed by atoms with van der Waals surface area (Å²) in [6.07, 6.45) is 1.03. The zero-order valence-corrected chi connectivity index (χ0v) is 10.7. The average molecular weight is 273 g/mol. The SMILES string of the molecule is Nc1ccc(CS(=O)(=O)C2CCOCC2)cc1F. The minimum absolute atomic E-state index is 0.0298. The fraction of sp³-hybridized carbons (Fsp3) is 0.500. The molecule has 1 aromatic rings. The van der Waals surface area contributed by atoms with Crippen LogP contribution in [0.5, 0.6) is 0 Å². The second kappa shape index (κ2) is 5.24. The minimum Gasteiger partial charge on any atom is -0.396 e. The molecule has 1 saturated heterocycles. The molecule has 0 aromatic heterocycles. The Balaban J connectivity index is 2.13. The molecule has 1 heterocycles. The Kier molecular flexibility index (Phi) is 3.87. The zero-order chi connectivity index (χ0) is 13.2. The summed E-state index contributed by atoms with van der Waals surface area (Å²) >= 11 is 0. The lowest BCUT2D eigenvalue weighted by Gasteiger charge is -2.22. The molecule has 18 heavy (non-hydrogen) atoms. The molecule has 2 N–H and O–H groups in total. The van der Waals surface area contributed by atoms with Gasteiger partial charge >= 0.3 is 0 Å². The van der Waals surface area contributed by atoms with Crippen molar-refractivity contribution in [1.29, 1.82) is 0 Å². The monoisotopic (exact) mass is 273 g/mol. The molecule has 0 atom stereocenters. The maximum Gasteiger partial charge on any atom is 0.157 e. The minimum atomic E-state index is -3.25. The molecule has 2 rings (SSSR count). The number of hydrogen-bond acceptors (Lipinski definition) is 4. The highest BCUT2D eigenvalue weighted by molar-refractivity contribution is 7.91. The van der Waals surface area contributed by atoms with E-state index in [-0.39, 0.29) is 16.7 Å². The Morgan fingerprint density at radius 1 is 1.33 bits per heavy atom. The third kappa shape index (κ3) is 3.00. The van der Waals surface area contributed by atoms with Crippen LogP contribution in [0.2, 0.25) is 0 Å². The van der Waals surface area contributed by atoms with E-state index in [1.54, 1.807) is 6.07 Å². The lowest BCUT2D eigenvalue weighted by molar-refractivity contribution is 0.0983. The van der Waals surface area contributed by atoms with Gasteiger partial charge in [0.15, 0.2) is 9.84 Å². The first-order valence-corrected chi connectivity index (χ1v) is 7.54. The molecule has 0 radical (unpaired) electrons. The van der Waals surface area contributed by atoms with Gasteiger partial charge in [0.2, 0.25) is 0 Å². The third-order valence-electron chi connectivity index (χ3n) is 3.11. The molecule has 4 nitrogen and oxygen atoms in total. The van der Waals surface area contributed by atoms with Gasteiger partial charge in [0.1, 0.15) is 5.82 Å². The maximum atomic E-state index is 13.3. The van der Waals surface area contributed by atoms with Gasteiger partial charge in [-0.15, -0.1) is 0 Å². The summed E-state index contributed by atoms with van der Waals surface area (Å²) in [5, 5.41) is -0.383. The first-order valence-electron chi connectivity index (χ1n) is 5.82. The van der Waals surface area contributed by atoms with Crippen LogP contribution in [0, 0.1) is 5.82 Å². The third-order valence-corrected chi connectivity index (χ3v) is 5.33. The Morgan fingerprint density at radius 3 is 2.61 bits per heavy atom. The van der Waals surface area contributed by atoms with Crippen molar-refractivity contribution in [3.63, 3.8) is 0 Å². The fourth-order valence-corrected chi connectivity index (χ4v) is 3.84. The van der Waals surface area contributed by atoms with Crippen molar-refractivity contribution in [2.24, 2.45) is 0 Å². The van der Waals surface area contributed by atoms with Crippen LogP contribution in [0.15, 0.2) is 18.2 Å². The lowest BCUT2D eigenvalue weighted by Crippen LogP contribution is -2.29. The molecule has 1 fully saturated rings. The zero-order valence-electron chi connectivity index (χ0n) is 9.93. The van der Waals surface area contributed by atoms with Crippen molar-refractivity contribution >= 4 is 15.5 Å². The Labute approximate surface area is 106 Å². The van der Waals surface area contributed by atoms with Gasteiger partial charge in [0.25, 0.3) is 0 Å². The highest BCUT2D eigenvalue weighted by atomic mass is 32.2. The quantitative estimate of drug-likeness (QED) is 0.847. The highest BCUT2D eigenvalue weighted by Crippen LogP contribution is 2.21. The van der Waals surface area contributed by atoms with Crippen molar-refractivity contribution in [1.82, 2.24) is 0 Å². The van der Waals surface area contributed by atoms with Gasteiger partial charge < -0.3 is 10.5 Å². The Bertz CT molecular complexity index is 524. The molecule has 0 spiro atoms. The number of ether oxygens (including phenoxy) is 1. The van der Waals surface area contributed by atoms with Crippen molar-refractivity contribution in [2.45, 2.75) is 23.8 Å². The summed E-state index contributed by atoms with van der Waals surface area (Å²) < 4.78 is 42.7. The molecule has 0 saturated carbocycles. The molecule has 0 bridgehead atoms. The first kappa shape index (κ1) is 13.3. The average Bonchev–Trinajstić information content (AvgIpc) is 2.35. The summed E-state index contributed by atoms with van der Waals surface area (Å²) in [5.74, 6) is -0.718. The largest absolute Gasteiger partial charge is 0.396 e. The van der Waals surface area contributed by atoms with Crippen molar-refractivity contribution in [2.75, 3.05) is 18.9 Å².